The van der Waals surface area contributed by atoms with E-state index in [-0.39, 0.29) is 0 Å². The largest absolute Gasteiger partial charge is 0.330 e. The van der Waals surface area contributed by atoms with Crippen molar-refractivity contribution in [1.82, 2.24) is 19.8 Å². The van der Waals surface area contributed by atoms with E-state index in [1.54, 1.807) is 0 Å². The Labute approximate surface area is 128 Å². The third-order valence-corrected chi connectivity index (χ3v) is 5.06. The van der Waals surface area contributed by atoms with Crippen molar-refractivity contribution in [3.63, 3.8) is 0 Å². The maximum atomic E-state index is 4.29. The second-order valence-corrected chi connectivity index (χ2v) is 6.83. The van der Waals surface area contributed by atoms with Crippen LogP contribution in [0.4, 0.5) is 0 Å². The summed E-state index contributed by atoms with van der Waals surface area (Å²) in [5, 5.41) is 3.58. The molecule has 1 aromatic heterocycles. The van der Waals surface area contributed by atoms with Gasteiger partial charge in [-0.1, -0.05) is 19.3 Å². The Balaban J connectivity index is 1.30. The molecule has 0 atom stereocenters. The van der Waals surface area contributed by atoms with Crippen LogP contribution in [0.3, 0.4) is 0 Å². The summed E-state index contributed by atoms with van der Waals surface area (Å²) >= 11 is 0. The van der Waals surface area contributed by atoms with Gasteiger partial charge in [0.25, 0.3) is 0 Å². The van der Waals surface area contributed by atoms with Gasteiger partial charge in [0.15, 0.2) is 0 Å². The van der Waals surface area contributed by atoms with E-state index in [9.17, 15) is 0 Å². The first-order valence-electron chi connectivity index (χ1n) is 8.76. The van der Waals surface area contributed by atoms with Gasteiger partial charge in [-0.25, -0.2) is 4.98 Å². The molecule has 21 heavy (non-hydrogen) atoms. The number of nitrogens with one attached hydrogen (secondary N) is 1. The smallest absolute Gasteiger partial charge is 0.0951 e. The Morgan fingerprint density at radius 3 is 2.81 bits per heavy atom. The first-order chi connectivity index (χ1) is 10.3. The zero-order valence-corrected chi connectivity index (χ0v) is 13.4. The van der Waals surface area contributed by atoms with Crippen molar-refractivity contribution in [2.45, 2.75) is 70.0 Å². The number of imidazole rings is 1. The van der Waals surface area contributed by atoms with E-state index in [1.807, 2.05) is 12.5 Å². The minimum Gasteiger partial charge on any atom is -0.330 e. The van der Waals surface area contributed by atoms with Crippen molar-refractivity contribution in [3.8, 4) is 0 Å². The van der Waals surface area contributed by atoms with E-state index in [4.69, 9.17) is 0 Å². The molecule has 0 spiro atoms. The molecule has 0 aromatic carbocycles. The van der Waals surface area contributed by atoms with E-state index < -0.39 is 0 Å². The third-order valence-electron chi connectivity index (χ3n) is 5.06. The molecule has 1 N–H and O–H groups in total. The molecule has 0 amide bonds. The topological polar surface area (TPSA) is 33.1 Å². The summed E-state index contributed by atoms with van der Waals surface area (Å²) in [5.74, 6) is 0. The zero-order chi connectivity index (χ0) is 14.5. The van der Waals surface area contributed by atoms with E-state index in [0.717, 1.165) is 25.2 Å². The molecule has 2 saturated carbocycles. The van der Waals surface area contributed by atoms with Crippen molar-refractivity contribution in [3.05, 3.63) is 18.2 Å². The highest BCUT2D eigenvalue weighted by Gasteiger charge is 2.24. The summed E-state index contributed by atoms with van der Waals surface area (Å²) in [6, 6.07) is 1.58. The lowest BCUT2D eigenvalue weighted by atomic mass is 9.94. The Kier molecular flexibility index (Phi) is 5.31. The molecular weight excluding hydrogens is 260 g/mol. The molecule has 2 aliphatic rings. The lowest BCUT2D eigenvalue weighted by Gasteiger charge is -2.31. The second kappa shape index (κ2) is 7.41. The minimum absolute atomic E-state index is 0.738. The fourth-order valence-corrected chi connectivity index (χ4v) is 3.52. The molecule has 2 aliphatic carbocycles. The second-order valence-electron chi connectivity index (χ2n) is 6.83. The van der Waals surface area contributed by atoms with Crippen molar-refractivity contribution in [1.29, 1.82) is 0 Å². The number of aromatic nitrogens is 2. The van der Waals surface area contributed by atoms with E-state index >= 15 is 0 Å². The van der Waals surface area contributed by atoms with Crippen molar-refractivity contribution in [2.24, 2.45) is 0 Å². The van der Waals surface area contributed by atoms with Crippen LogP contribution in [0.15, 0.2) is 12.5 Å². The molecule has 1 aromatic rings. The Morgan fingerprint density at radius 1 is 1.24 bits per heavy atom. The monoisotopic (exact) mass is 290 g/mol. The maximum absolute atomic E-state index is 4.29. The molecule has 3 rings (SSSR count). The van der Waals surface area contributed by atoms with Crippen molar-refractivity contribution in [2.75, 3.05) is 20.1 Å². The van der Waals surface area contributed by atoms with Crippen LogP contribution in [0.1, 0.15) is 63.1 Å². The van der Waals surface area contributed by atoms with Gasteiger partial charge in [0.2, 0.25) is 0 Å². The van der Waals surface area contributed by atoms with Gasteiger partial charge in [0.05, 0.1) is 12.0 Å². The van der Waals surface area contributed by atoms with E-state index in [1.165, 1.54) is 63.6 Å². The molecular formula is C17H30N4. The molecule has 4 nitrogen and oxygen atoms in total. The first kappa shape index (κ1) is 15.0. The van der Waals surface area contributed by atoms with Crippen LogP contribution in [0.2, 0.25) is 0 Å². The quantitative estimate of drug-likeness (QED) is 0.747. The van der Waals surface area contributed by atoms with Gasteiger partial charge in [0, 0.05) is 24.8 Å². The highest BCUT2D eigenvalue weighted by Crippen LogP contribution is 2.35. The fourth-order valence-electron chi connectivity index (χ4n) is 3.52. The minimum atomic E-state index is 0.738. The highest BCUT2D eigenvalue weighted by atomic mass is 15.1. The summed E-state index contributed by atoms with van der Waals surface area (Å²) < 4.78 is 2.35. The Morgan fingerprint density at radius 2 is 2.05 bits per heavy atom. The number of hydrogen-bond donors (Lipinski definition) is 1. The van der Waals surface area contributed by atoms with Gasteiger partial charge in [-0.05, 0) is 52.2 Å². The Bertz CT molecular complexity index is 418. The molecule has 0 unspecified atom stereocenters. The molecule has 1 heterocycles. The van der Waals surface area contributed by atoms with Crippen LogP contribution < -0.4 is 5.32 Å². The van der Waals surface area contributed by atoms with Crippen molar-refractivity contribution >= 4 is 0 Å². The molecule has 2 fully saturated rings. The van der Waals surface area contributed by atoms with E-state index in [2.05, 4.69) is 26.8 Å². The molecule has 118 valence electrons. The highest BCUT2D eigenvalue weighted by molar-refractivity contribution is 5.03. The van der Waals surface area contributed by atoms with Gasteiger partial charge in [-0.2, -0.15) is 0 Å². The maximum Gasteiger partial charge on any atom is 0.0951 e. The van der Waals surface area contributed by atoms with Gasteiger partial charge in [0.1, 0.15) is 0 Å². The summed E-state index contributed by atoms with van der Waals surface area (Å²) in [4.78, 5) is 6.87. The van der Waals surface area contributed by atoms with Crippen molar-refractivity contribution < 1.29 is 0 Å². The molecule has 0 bridgehead atoms. The molecule has 0 radical (unpaired) electrons. The molecule has 0 saturated heterocycles. The lowest BCUT2D eigenvalue weighted by Crippen LogP contribution is -2.35. The third kappa shape index (κ3) is 4.30. The average molecular weight is 290 g/mol. The fraction of sp³-hybridized carbons (Fsp3) is 0.824. The molecule has 4 heteroatoms. The van der Waals surface area contributed by atoms with Crippen LogP contribution >= 0.6 is 0 Å². The van der Waals surface area contributed by atoms with Gasteiger partial charge in [-0.15, -0.1) is 0 Å². The number of rotatable bonds is 8. The van der Waals surface area contributed by atoms with Crippen LogP contribution in [-0.4, -0.2) is 40.6 Å². The standard InChI is InChI=1S/C17H30N4/c1-20(15-6-3-2-4-7-15)11-5-10-18-12-17-13-19-14-21(17)16-8-9-16/h13-16,18H,2-12H2,1H3. The summed E-state index contributed by atoms with van der Waals surface area (Å²) in [5.41, 5.74) is 1.35. The summed E-state index contributed by atoms with van der Waals surface area (Å²) in [6.07, 6.45) is 15.0. The predicted molar refractivity (Wildman–Crippen MR) is 86.3 cm³/mol. The SMILES string of the molecule is CN(CCCNCc1cncn1C1CC1)C1CCCCC1. The van der Waals surface area contributed by atoms with Crippen LogP contribution in [0.5, 0.6) is 0 Å². The van der Waals surface area contributed by atoms with Gasteiger partial charge in [-0.3, -0.25) is 0 Å². The van der Waals surface area contributed by atoms with Gasteiger partial charge >= 0.3 is 0 Å². The average Bonchev–Trinajstić information content (AvgIpc) is 3.27. The number of hydrogen-bond acceptors (Lipinski definition) is 3. The van der Waals surface area contributed by atoms with Crippen LogP contribution in [0, 0.1) is 0 Å². The van der Waals surface area contributed by atoms with Crippen LogP contribution in [0.25, 0.3) is 0 Å². The van der Waals surface area contributed by atoms with E-state index in [0.29, 0.717) is 0 Å². The summed E-state index contributed by atoms with van der Waals surface area (Å²) in [7, 11) is 2.30. The molecule has 0 aliphatic heterocycles. The Hall–Kier alpha value is -0.870. The first-order valence-corrected chi connectivity index (χ1v) is 8.76. The lowest BCUT2D eigenvalue weighted by molar-refractivity contribution is 0.189. The zero-order valence-electron chi connectivity index (χ0n) is 13.4. The predicted octanol–water partition coefficient (Wildman–Crippen LogP) is 2.96. The van der Waals surface area contributed by atoms with Crippen LogP contribution in [-0.2, 0) is 6.54 Å². The van der Waals surface area contributed by atoms with Gasteiger partial charge < -0.3 is 14.8 Å². The normalized spacial score (nSPS) is 20.3. The number of nitrogens with zero attached hydrogens (tertiary/aromatic N) is 3. The summed E-state index contributed by atoms with van der Waals surface area (Å²) in [6.45, 7) is 3.29.